The van der Waals surface area contributed by atoms with E-state index in [-0.39, 0.29) is 17.9 Å². The fraction of sp³-hybridized carbons (Fsp3) is 0.923. The van der Waals surface area contributed by atoms with Crippen LogP contribution in [0.1, 0.15) is 40.0 Å². The summed E-state index contributed by atoms with van der Waals surface area (Å²) in [5.41, 5.74) is 2.33. The number of nitrogens with one attached hydrogen (secondary N) is 2. The molecule has 18 heavy (non-hydrogen) atoms. The van der Waals surface area contributed by atoms with Crippen LogP contribution in [0.3, 0.4) is 0 Å². The van der Waals surface area contributed by atoms with Gasteiger partial charge < -0.3 is 5.32 Å². The molecule has 4 N–H and O–H groups in total. The Morgan fingerprint density at radius 3 is 2.50 bits per heavy atom. The van der Waals surface area contributed by atoms with Crippen LogP contribution in [0, 0.1) is 5.92 Å². The number of piperidine rings is 1. The van der Waals surface area contributed by atoms with Crippen LogP contribution in [-0.2, 0) is 4.79 Å². The van der Waals surface area contributed by atoms with Gasteiger partial charge in [-0.05, 0) is 44.8 Å². The predicted octanol–water partition coefficient (Wildman–Crippen LogP) is 0.465. The Labute approximate surface area is 110 Å². The van der Waals surface area contributed by atoms with Gasteiger partial charge in [-0.3, -0.25) is 15.1 Å². The lowest BCUT2D eigenvalue weighted by Gasteiger charge is -2.40. The van der Waals surface area contributed by atoms with Crippen molar-refractivity contribution in [2.75, 3.05) is 19.6 Å². The van der Waals surface area contributed by atoms with E-state index in [1.54, 1.807) is 0 Å². The summed E-state index contributed by atoms with van der Waals surface area (Å²) < 4.78 is 0. The molecule has 1 amide bonds. The monoisotopic (exact) mass is 256 g/mol. The lowest BCUT2D eigenvalue weighted by atomic mass is 9.95. The molecule has 5 nitrogen and oxygen atoms in total. The molecule has 0 saturated carbocycles. The highest BCUT2D eigenvalue weighted by atomic mass is 16.2. The Hall–Kier alpha value is -0.650. The predicted molar refractivity (Wildman–Crippen MR) is 73.8 cm³/mol. The SMILES string of the molecule is CCCN(C1CCNCC1)C(C(=O)NN)C(C)C. The second kappa shape index (κ2) is 7.71. The molecule has 0 bridgehead atoms. The molecule has 0 radical (unpaired) electrons. The minimum Gasteiger partial charge on any atom is -0.317 e. The average molecular weight is 256 g/mol. The molecule has 0 spiro atoms. The first-order valence-electron chi connectivity index (χ1n) is 7.08. The number of nitrogens with two attached hydrogens (primary N) is 1. The van der Waals surface area contributed by atoms with Gasteiger partial charge >= 0.3 is 0 Å². The van der Waals surface area contributed by atoms with Crippen LogP contribution in [0.2, 0.25) is 0 Å². The zero-order valence-corrected chi connectivity index (χ0v) is 11.9. The van der Waals surface area contributed by atoms with Crippen LogP contribution < -0.4 is 16.6 Å². The first-order valence-corrected chi connectivity index (χ1v) is 7.08. The van der Waals surface area contributed by atoms with E-state index in [9.17, 15) is 4.79 Å². The van der Waals surface area contributed by atoms with Gasteiger partial charge in [0.05, 0.1) is 6.04 Å². The molecule has 1 rings (SSSR count). The van der Waals surface area contributed by atoms with Gasteiger partial charge in [-0.25, -0.2) is 5.84 Å². The van der Waals surface area contributed by atoms with Crippen molar-refractivity contribution >= 4 is 5.91 Å². The van der Waals surface area contributed by atoms with Gasteiger partial charge in [-0.15, -0.1) is 0 Å². The van der Waals surface area contributed by atoms with Gasteiger partial charge in [0.1, 0.15) is 0 Å². The van der Waals surface area contributed by atoms with Gasteiger partial charge in [-0.1, -0.05) is 20.8 Å². The standard InChI is InChI=1S/C13H28N4O/c1-4-9-17(11-5-7-15-8-6-11)12(10(2)3)13(18)16-14/h10-12,15H,4-9,14H2,1-3H3,(H,16,18). The number of amides is 1. The quantitative estimate of drug-likeness (QED) is 0.367. The number of nitrogens with zero attached hydrogens (tertiary/aromatic N) is 1. The third-order valence-electron chi connectivity index (χ3n) is 3.66. The second-order valence-corrected chi connectivity index (χ2v) is 5.42. The number of hydrogen-bond donors (Lipinski definition) is 3. The summed E-state index contributed by atoms with van der Waals surface area (Å²) in [6.07, 6.45) is 3.28. The lowest BCUT2D eigenvalue weighted by molar-refractivity contribution is -0.129. The molecule has 0 aromatic carbocycles. The van der Waals surface area contributed by atoms with Crippen molar-refractivity contribution in [2.24, 2.45) is 11.8 Å². The number of hydrogen-bond acceptors (Lipinski definition) is 4. The highest BCUT2D eigenvalue weighted by molar-refractivity contribution is 5.81. The molecule has 1 atom stereocenters. The van der Waals surface area contributed by atoms with E-state index in [0.29, 0.717) is 6.04 Å². The van der Waals surface area contributed by atoms with Crippen LogP contribution in [0.4, 0.5) is 0 Å². The van der Waals surface area contributed by atoms with Crippen LogP contribution in [-0.4, -0.2) is 42.5 Å². The molecule has 1 aliphatic rings. The molecule has 5 heteroatoms. The molecule has 106 valence electrons. The topological polar surface area (TPSA) is 70.4 Å². The summed E-state index contributed by atoms with van der Waals surface area (Å²) in [4.78, 5) is 14.4. The lowest BCUT2D eigenvalue weighted by Crippen LogP contribution is -2.57. The molecular weight excluding hydrogens is 228 g/mol. The van der Waals surface area contributed by atoms with Gasteiger partial charge in [0.15, 0.2) is 0 Å². The molecule has 0 aromatic heterocycles. The van der Waals surface area contributed by atoms with Gasteiger partial charge in [0, 0.05) is 6.04 Å². The van der Waals surface area contributed by atoms with E-state index in [0.717, 1.165) is 38.9 Å². The van der Waals surface area contributed by atoms with E-state index < -0.39 is 0 Å². The molecule has 0 aromatic rings. The first-order chi connectivity index (χ1) is 8.61. The fourth-order valence-corrected chi connectivity index (χ4v) is 2.87. The van der Waals surface area contributed by atoms with Crippen molar-refractivity contribution in [3.63, 3.8) is 0 Å². The van der Waals surface area contributed by atoms with Crippen LogP contribution in [0.5, 0.6) is 0 Å². The molecule has 1 heterocycles. The Bertz CT molecular complexity index is 251. The highest BCUT2D eigenvalue weighted by Gasteiger charge is 2.33. The molecule has 1 fully saturated rings. The number of carbonyl (C=O) groups is 1. The minimum atomic E-state index is -0.113. The summed E-state index contributed by atoms with van der Waals surface area (Å²) in [5.74, 6) is 5.55. The summed E-state index contributed by atoms with van der Waals surface area (Å²) in [7, 11) is 0. The van der Waals surface area contributed by atoms with Crippen molar-refractivity contribution in [1.29, 1.82) is 0 Å². The summed E-state index contributed by atoms with van der Waals surface area (Å²) in [5, 5.41) is 3.37. The number of rotatable bonds is 6. The second-order valence-electron chi connectivity index (χ2n) is 5.42. The number of hydrazine groups is 1. The third kappa shape index (κ3) is 3.93. The van der Waals surface area contributed by atoms with E-state index in [1.165, 1.54) is 0 Å². The van der Waals surface area contributed by atoms with Gasteiger partial charge in [0.25, 0.3) is 5.91 Å². The molecule has 1 unspecified atom stereocenters. The summed E-state index contributed by atoms with van der Waals surface area (Å²) in [6, 6.07) is 0.383. The van der Waals surface area contributed by atoms with E-state index >= 15 is 0 Å². The zero-order valence-electron chi connectivity index (χ0n) is 11.9. The van der Waals surface area contributed by atoms with Crippen LogP contribution in [0.15, 0.2) is 0 Å². The first kappa shape index (κ1) is 15.4. The van der Waals surface area contributed by atoms with E-state index in [4.69, 9.17) is 5.84 Å². The summed E-state index contributed by atoms with van der Waals surface area (Å²) >= 11 is 0. The van der Waals surface area contributed by atoms with Gasteiger partial charge in [-0.2, -0.15) is 0 Å². The maximum absolute atomic E-state index is 12.0. The largest absolute Gasteiger partial charge is 0.317 e. The van der Waals surface area contributed by atoms with Crippen molar-refractivity contribution in [1.82, 2.24) is 15.6 Å². The molecule has 0 aliphatic carbocycles. The van der Waals surface area contributed by atoms with Crippen LogP contribution in [0.25, 0.3) is 0 Å². The van der Waals surface area contributed by atoms with E-state index in [2.05, 4.69) is 36.4 Å². The minimum absolute atomic E-state index is 0.0583. The van der Waals surface area contributed by atoms with E-state index in [1.807, 2.05) is 0 Å². The number of carbonyl (C=O) groups excluding carboxylic acids is 1. The Morgan fingerprint density at radius 2 is 2.06 bits per heavy atom. The third-order valence-corrected chi connectivity index (χ3v) is 3.66. The van der Waals surface area contributed by atoms with Crippen molar-refractivity contribution in [3.8, 4) is 0 Å². The highest BCUT2D eigenvalue weighted by Crippen LogP contribution is 2.20. The van der Waals surface area contributed by atoms with Crippen molar-refractivity contribution < 1.29 is 4.79 Å². The molecule has 1 saturated heterocycles. The summed E-state index contributed by atoms with van der Waals surface area (Å²) in [6.45, 7) is 9.37. The molecular formula is C13H28N4O. The maximum Gasteiger partial charge on any atom is 0.251 e. The van der Waals surface area contributed by atoms with Crippen LogP contribution >= 0.6 is 0 Å². The maximum atomic E-state index is 12.0. The van der Waals surface area contributed by atoms with Gasteiger partial charge in [0.2, 0.25) is 0 Å². The van der Waals surface area contributed by atoms with Crippen molar-refractivity contribution in [3.05, 3.63) is 0 Å². The normalized spacial score (nSPS) is 19.2. The Morgan fingerprint density at radius 1 is 1.44 bits per heavy atom. The van der Waals surface area contributed by atoms with Crippen molar-refractivity contribution in [2.45, 2.75) is 52.1 Å². The molecule has 1 aliphatic heterocycles. The Balaban J connectivity index is 2.80. The smallest absolute Gasteiger partial charge is 0.251 e. The fourth-order valence-electron chi connectivity index (χ4n) is 2.87. The average Bonchev–Trinajstić information content (AvgIpc) is 2.38. The Kier molecular flexibility index (Phi) is 6.60. The zero-order chi connectivity index (χ0) is 13.5.